The molecule has 0 spiro atoms. The normalized spacial score (nSPS) is 16.2. The van der Waals surface area contributed by atoms with Crippen molar-refractivity contribution in [3.63, 3.8) is 0 Å². The van der Waals surface area contributed by atoms with Gasteiger partial charge in [-0.1, -0.05) is 35.0 Å². The second kappa shape index (κ2) is 5.69. The molecule has 5 heteroatoms. The Hall–Kier alpha value is -2.14. The van der Waals surface area contributed by atoms with Crippen LogP contribution in [-0.2, 0) is 0 Å². The second-order valence-corrected chi connectivity index (χ2v) is 5.57. The molecule has 1 saturated heterocycles. The van der Waals surface area contributed by atoms with Crippen LogP contribution in [0.4, 0.5) is 0 Å². The number of hydrogen-bond acceptors (Lipinski definition) is 4. The lowest BCUT2D eigenvalue weighted by atomic mass is 10.1. The van der Waals surface area contributed by atoms with Gasteiger partial charge in [-0.3, -0.25) is 4.79 Å². The topological polar surface area (TPSA) is 72.4 Å². The summed E-state index contributed by atoms with van der Waals surface area (Å²) in [5.74, 6) is 0.189. The van der Waals surface area contributed by atoms with E-state index in [0.717, 1.165) is 18.4 Å². The third-order valence-corrected chi connectivity index (χ3v) is 3.90. The number of nitrogens with zero attached hydrogens (tertiary/aromatic N) is 2. The predicted octanol–water partition coefficient (Wildman–Crippen LogP) is 2.21. The van der Waals surface area contributed by atoms with Gasteiger partial charge in [0.05, 0.1) is 0 Å². The Morgan fingerprint density at radius 3 is 2.62 bits per heavy atom. The molecule has 1 aliphatic heterocycles. The smallest absolute Gasteiger partial charge is 0.292 e. The zero-order valence-electron chi connectivity index (χ0n) is 12.1. The fraction of sp³-hybridized carbons (Fsp3) is 0.375. The molecule has 0 radical (unpaired) electrons. The molecule has 3 rings (SSSR count). The molecule has 1 fully saturated rings. The summed E-state index contributed by atoms with van der Waals surface area (Å²) in [6.45, 7) is 3.39. The number of likely N-dealkylation sites (tertiary alicyclic amines) is 1. The van der Waals surface area contributed by atoms with E-state index in [9.17, 15) is 4.79 Å². The molecule has 1 aromatic heterocycles. The molecule has 1 aromatic carbocycles. The van der Waals surface area contributed by atoms with E-state index in [4.69, 9.17) is 10.3 Å². The molecule has 21 heavy (non-hydrogen) atoms. The molecule has 0 aliphatic carbocycles. The van der Waals surface area contributed by atoms with Gasteiger partial charge in [0.2, 0.25) is 5.76 Å². The standard InChI is InChI=1S/C16H19N3O2/c1-11-2-4-12(5-3-11)14-10-15(21-18-14)16(20)19-8-6-13(17)7-9-19/h2-5,10,13H,6-9,17H2,1H3. The van der Waals surface area contributed by atoms with Crippen molar-refractivity contribution in [2.45, 2.75) is 25.8 Å². The lowest BCUT2D eigenvalue weighted by Gasteiger charge is -2.29. The Morgan fingerprint density at radius 1 is 1.29 bits per heavy atom. The Labute approximate surface area is 123 Å². The minimum Gasteiger partial charge on any atom is -0.350 e. The summed E-state index contributed by atoms with van der Waals surface area (Å²) < 4.78 is 5.22. The minimum absolute atomic E-state index is 0.104. The van der Waals surface area contributed by atoms with E-state index in [2.05, 4.69) is 5.16 Å². The van der Waals surface area contributed by atoms with Crippen molar-refractivity contribution < 1.29 is 9.32 Å². The maximum absolute atomic E-state index is 12.4. The third-order valence-electron chi connectivity index (χ3n) is 3.90. The number of hydrogen-bond donors (Lipinski definition) is 1. The summed E-state index contributed by atoms with van der Waals surface area (Å²) in [6.07, 6.45) is 1.68. The van der Waals surface area contributed by atoms with E-state index in [0.29, 0.717) is 24.5 Å². The zero-order valence-corrected chi connectivity index (χ0v) is 12.1. The van der Waals surface area contributed by atoms with Crippen LogP contribution in [0.2, 0.25) is 0 Å². The lowest BCUT2D eigenvalue weighted by Crippen LogP contribution is -2.42. The number of rotatable bonds is 2. The van der Waals surface area contributed by atoms with Gasteiger partial charge in [0.15, 0.2) is 0 Å². The first-order chi connectivity index (χ1) is 10.1. The molecular weight excluding hydrogens is 266 g/mol. The van der Waals surface area contributed by atoms with Gasteiger partial charge in [0.1, 0.15) is 5.69 Å². The van der Waals surface area contributed by atoms with E-state index in [1.54, 1.807) is 11.0 Å². The highest BCUT2D eigenvalue weighted by atomic mass is 16.5. The third kappa shape index (κ3) is 2.97. The van der Waals surface area contributed by atoms with Gasteiger partial charge >= 0.3 is 0 Å². The maximum atomic E-state index is 12.4. The summed E-state index contributed by atoms with van der Waals surface area (Å²) in [5.41, 5.74) is 8.67. The van der Waals surface area contributed by atoms with Crippen molar-refractivity contribution in [3.05, 3.63) is 41.7 Å². The van der Waals surface area contributed by atoms with Crippen LogP contribution in [0.15, 0.2) is 34.9 Å². The fourth-order valence-electron chi connectivity index (χ4n) is 2.49. The van der Waals surface area contributed by atoms with Crippen LogP contribution >= 0.6 is 0 Å². The van der Waals surface area contributed by atoms with Crippen LogP contribution in [0.3, 0.4) is 0 Å². The Bertz CT molecular complexity index is 625. The van der Waals surface area contributed by atoms with Gasteiger partial charge < -0.3 is 15.2 Å². The van der Waals surface area contributed by atoms with Crippen LogP contribution in [0, 0.1) is 6.92 Å². The molecular formula is C16H19N3O2. The van der Waals surface area contributed by atoms with Gasteiger partial charge in [-0.15, -0.1) is 0 Å². The van der Waals surface area contributed by atoms with Gasteiger partial charge in [-0.05, 0) is 19.8 Å². The number of amides is 1. The van der Waals surface area contributed by atoms with Crippen molar-refractivity contribution in [1.29, 1.82) is 0 Å². The Balaban J connectivity index is 1.75. The zero-order chi connectivity index (χ0) is 14.8. The van der Waals surface area contributed by atoms with Crippen LogP contribution < -0.4 is 5.73 Å². The summed E-state index contributed by atoms with van der Waals surface area (Å²) in [4.78, 5) is 14.1. The van der Waals surface area contributed by atoms with Crippen molar-refractivity contribution in [2.24, 2.45) is 5.73 Å². The minimum atomic E-state index is -0.104. The van der Waals surface area contributed by atoms with E-state index in [1.165, 1.54) is 5.56 Å². The lowest BCUT2D eigenvalue weighted by molar-refractivity contribution is 0.0673. The average molecular weight is 285 g/mol. The first-order valence-electron chi connectivity index (χ1n) is 7.22. The van der Waals surface area contributed by atoms with Crippen LogP contribution in [0.5, 0.6) is 0 Å². The van der Waals surface area contributed by atoms with Crippen molar-refractivity contribution in [2.75, 3.05) is 13.1 Å². The first kappa shape index (κ1) is 13.8. The molecule has 2 aromatic rings. The Morgan fingerprint density at radius 2 is 1.95 bits per heavy atom. The number of benzene rings is 1. The van der Waals surface area contributed by atoms with Gasteiger partial charge in [-0.2, -0.15) is 0 Å². The number of piperidine rings is 1. The SMILES string of the molecule is Cc1ccc(-c2cc(C(=O)N3CCC(N)CC3)on2)cc1. The van der Waals surface area contributed by atoms with Crippen LogP contribution in [-0.4, -0.2) is 35.1 Å². The van der Waals surface area contributed by atoms with E-state index in [1.807, 2.05) is 31.2 Å². The summed E-state index contributed by atoms with van der Waals surface area (Å²) in [7, 11) is 0. The number of carbonyl (C=O) groups is 1. The van der Waals surface area contributed by atoms with Crippen LogP contribution in [0.25, 0.3) is 11.3 Å². The van der Waals surface area contributed by atoms with Crippen molar-refractivity contribution >= 4 is 5.91 Å². The number of carbonyl (C=O) groups excluding carboxylic acids is 1. The summed E-state index contributed by atoms with van der Waals surface area (Å²) in [6, 6.07) is 9.88. The molecule has 0 atom stereocenters. The van der Waals surface area contributed by atoms with Crippen molar-refractivity contribution in [1.82, 2.24) is 10.1 Å². The average Bonchev–Trinajstić information content (AvgIpc) is 2.98. The quantitative estimate of drug-likeness (QED) is 0.918. The highest BCUT2D eigenvalue weighted by molar-refractivity contribution is 5.92. The molecule has 1 amide bonds. The van der Waals surface area contributed by atoms with Gasteiger partial charge in [-0.25, -0.2) is 0 Å². The monoisotopic (exact) mass is 285 g/mol. The summed E-state index contributed by atoms with van der Waals surface area (Å²) >= 11 is 0. The van der Waals surface area contributed by atoms with E-state index >= 15 is 0 Å². The molecule has 2 heterocycles. The molecule has 5 nitrogen and oxygen atoms in total. The largest absolute Gasteiger partial charge is 0.350 e. The number of nitrogens with two attached hydrogens (primary N) is 1. The second-order valence-electron chi connectivity index (χ2n) is 5.57. The van der Waals surface area contributed by atoms with E-state index in [-0.39, 0.29) is 11.9 Å². The first-order valence-corrected chi connectivity index (χ1v) is 7.22. The Kier molecular flexibility index (Phi) is 3.75. The fourth-order valence-corrected chi connectivity index (χ4v) is 2.49. The summed E-state index contributed by atoms with van der Waals surface area (Å²) in [5, 5.41) is 4.00. The molecule has 1 aliphatic rings. The van der Waals surface area contributed by atoms with Gasteiger partial charge in [0, 0.05) is 30.8 Å². The molecule has 2 N–H and O–H groups in total. The maximum Gasteiger partial charge on any atom is 0.292 e. The van der Waals surface area contributed by atoms with Crippen LogP contribution in [0.1, 0.15) is 29.0 Å². The molecule has 0 bridgehead atoms. The molecule has 0 saturated carbocycles. The highest BCUT2D eigenvalue weighted by Gasteiger charge is 2.24. The van der Waals surface area contributed by atoms with Crippen molar-refractivity contribution in [3.8, 4) is 11.3 Å². The number of aromatic nitrogens is 1. The molecule has 110 valence electrons. The highest BCUT2D eigenvalue weighted by Crippen LogP contribution is 2.21. The van der Waals surface area contributed by atoms with E-state index < -0.39 is 0 Å². The number of aryl methyl sites for hydroxylation is 1. The predicted molar refractivity (Wildman–Crippen MR) is 79.8 cm³/mol. The molecule has 0 unspecified atom stereocenters. The van der Waals surface area contributed by atoms with Gasteiger partial charge in [0.25, 0.3) is 5.91 Å².